The molecule has 1 aliphatic rings. The van der Waals surface area contributed by atoms with Crippen LogP contribution >= 0.6 is 22.7 Å². The molecule has 0 saturated heterocycles. The molecule has 1 aromatic carbocycles. The summed E-state index contributed by atoms with van der Waals surface area (Å²) in [7, 11) is 0. The molecule has 0 spiro atoms. The molecule has 0 radical (unpaired) electrons. The zero-order valence-electron chi connectivity index (χ0n) is 13.8. The second-order valence-electron chi connectivity index (χ2n) is 5.80. The molecule has 4 rings (SSSR count). The number of rotatable bonds is 5. The summed E-state index contributed by atoms with van der Waals surface area (Å²) in [6.45, 7) is 0.283. The number of carbonyl (C=O) groups excluding carboxylic acids is 1. The van der Waals surface area contributed by atoms with Gasteiger partial charge in [-0.15, -0.1) is 22.7 Å². The van der Waals surface area contributed by atoms with Crippen molar-refractivity contribution >= 4 is 28.6 Å². The summed E-state index contributed by atoms with van der Waals surface area (Å²) in [4.78, 5) is 15.4. The number of nitrogens with one attached hydrogen (secondary N) is 1. The van der Waals surface area contributed by atoms with Crippen molar-refractivity contribution in [3.05, 3.63) is 58.8 Å². The Kier molecular flexibility index (Phi) is 4.92. The van der Waals surface area contributed by atoms with Crippen molar-refractivity contribution in [1.29, 1.82) is 0 Å². The first-order valence-electron chi connectivity index (χ1n) is 8.18. The van der Waals surface area contributed by atoms with Gasteiger partial charge < -0.3 is 19.9 Å². The van der Waals surface area contributed by atoms with E-state index in [1.807, 2.05) is 41.8 Å². The van der Waals surface area contributed by atoms with Crippen LogP contribution in [-0.4, -0.2) is 30.3 Å². The molecule has 5 nitrogen and oxygen atoms in total. The standard InChI is InChI=1S/C19H17NO4S2/c21-12(16-7-8-18(26-16)17-6-3-9-25-17)10-20-19(22)15-11-23-13-4-1-2-5-14(13)24-15/h1-9,12,15,21H,10-11H2,(H,20,22). The van der Waals surface area contributed by atoms with E-state index in [4.69, 9.17) is 9.47 Å². The van der Waals surface area contributed by atoms with Gasteiger partial charge in [-0.1, -0.05) is 18.2 Å². The van der Waals surface area contributed by atoms with Crippen LogP contribution in [0.4, 0.5) is 0 Å². The minimum Gasteiger partial charge on any atom is -0.485 e. The SMILES string of the molecule is O=C(NCC(O)c1ccc(-c2cccs2)s1)C1COc2ccccc2O1. The predicted octanol–water partition coefficient (Wildman–Crippen LogP) is 3.47. The first-order chi connectivity index (χ1) is 12.7. The van der Waals surface area contributed by atoms with Crippen LogP contribution in [0.5, 0.6) is 11.5 Å². The number of thiophene rings is 2. The van der Waals surface area contributed by atoms with Crippen LogP contribution in [0, 0.1) is 0 Å². The predicted molar refractivity (Wildman–Crippen MR) is 102 cm³/mol. The molecule has 7 heteroatoms. The summed E-state index contributed by atoms with van der Waals surface area (Å²) in [5.74, 6) is 0.892. The number of amides is 1. The number of hydrogen-bond donors (Lipinski definition) is 2. The van der Waals surface area contributed by atoms with Crippen molar-refractivity contribution in [2.24, 2.45) is 0 Å². The van der Waals surface area contributed by atoms with Gasteiger partial charge in [-0.05, 0) is 35.7 Å². The fraction of sp³-hybridized carbons (Fsp3) is 0.211. The Bertz CT molecular complexity index is 891. The normalized spacial score (nSPS) is 16.9. The molecule has 0 fully saturated rings. The minimum absolute atomic E-state index is 0.130. The molecule has 1 aliphatic heterocycles. The maximum atomic E-state index is 12.3. The van der Waals surface area contributed by atoms with E-state index in [9.17, 15) is 9.90 Å². The highest BCUT2D eigenvalue weighted by atomic mass is 32.1. The molecule has 2 atom stereocenters. The zero-order valence-corrected chi connectivity index (χ0v) is 15.4. The van der Waals surface area contributed by atoms with Gasteiger partial charge in [0, 0.05) is 21.2 Å². The van der Waals surface area contributed by atoms with Gasteiger partial charge in [0.15, 0.2) is 11.5 Å². The van der Waals surface area contributed by atoms with Gasteiger partial charge in [-0.2, -0.15) is 0 Å². The summed E-state index contributed by atoms with van der Waals surface area (Å²) >= 11 is 3.19. The summed E-state index contributed by atoms with van der Waals surface area (Å²) in [5, 5.41) is 15.1. The second kappa shape index (κ2) is 7.49. The Labute approximate surface area is 158 Å². The first-order valence-corrected chi connectivity index (χ1v) is 9.88. The zero-order chi connectivity index (χ0) is 17.9. The number of aliphatic hydroxyl groups excluding tert-OH is 1. The Morgan fingerprint density at radius 3 is 2.81 bits per heavy atom. The van der Waals surface area contributed by atoms with Gasteiger partial charge in [0.05, 0.1) is 0 Å². The first kappa shape index (κ1) is 17.1. The highest BCUT2D eigenvalue weighted by Gasteiger charge is 2.27. The van der Waals surface area contributed by atoms with Gasteiger partial charge in [0.25, 0.3) is 5.91 Å². The lowest BCUT2D eigenvalue weighted by Crippen LogP contribution is -2.45. The van der Waals surface area contributed by atoms with E-state index in [2.05, 4.69) is 5.32 Å². The number of carbonyl (C=O) groups is 1. The number of aliphatic hydroxyl groups is 1. The van der Waals surface area contributed by atoms with Gasteiger partial charge in [0.1, 0.15) is 12.7 Å². The summed E-state index contributed by atoms with van der Waals surface area (Å²) in [6, 6.07) is 15.2. The molecule has 0 aliphatic carbocycles. The third-order valence-corrected chi connectivity index (χ3v) is 6.24. The van der Waals surface area contributed by atoms with Crippen LogP contribution in [0.1, 0.15) is 11.0 Å². The number of fused-ring (bicyclic) bond motifs is 1. The average molecular weight is 387 g/mol. The Hall–Kier alpha value is -2.35. The van der Waals surface area contributed by atoms with Crippen LogP contribution in [0.2, 0.25) is 0 Å². The lowest BCUT2D eigenvalue weighted by Gasteiger charge is -2.25. The molecule has 3 aromatic rings. The van der Waals surface area contributed by atoms with Gasteiger partial charge in [-0.3, -0.25) is 4.79 Å². The second-order valence-corrected chi connectivity index (χ2v) is 7.87. The highest BCUT2D eigenvalue weighted by molar-refractivity contribution is 7.21. The number of benzene rings is 1. The van der Waals surface area contributed by atoms with Crippen molar-refractivity contribution in [3.63, 3.8) is 0 Å². The average Bonchev–Trinajstić information content (AvgIpc) is 3.36. The molecule has 3 heterocycles. The number of ether oxygens (including phenoxy) is 2. The van der Waals surface area contributed by atoms with E-state index in [0.29, 0.717) is 11.5 Å². The Morgan fingerprint density at radius 2 is 2.00 bits per heavy atom. The lowest BCUT2D eigenvalue weighted by molar-refractivity contribution is -0.130. The van der Waals surface area contributed by atoms with Crippen molar-refractivity contribution in [3.8, 4) is 21.3 Å². The lowest BCUT2D eigenvalue weighted by atomic mass is 10.2. The summed E-state index contributed by atoms with van der Waals surface area (Å²) in [5.41, 5.74) is 0. The van der Waals surface area contributed by atoms with E-state index in [1.54, 1.807) is 23.5 Å². The van der Waals surface area contributed by atoms with Crippen LogP contribution in [0.3, 0.4) is 0 Å². The molecule has 2 aromatic heterocycles. The van der Waals surface area contributed by atoms with Crippen molar-refractivity contribution in [2.45, 2.75) is 12.2 Å². The van der Waals surface area contributed by atoms with E-state index in [1.165, 1.54) is 16.2 Å². The smallest absolute Gasteiger partial charge is 0.264 e. The monoisotopic (exact) mass is 387 g/mol. The van der Waals surface area contributed by atoms with Crippen LogP contribution < -0.4 is 14.8 Å². The highest BCUT2D eigenvalue weighted by Crippen LogP contribution is 2.34. The van der Waals surface area contributed by atoms with Crippen molar-refractivity contribution < 1.29 is 19.4 Å². The molecule has 0 bridgehead atoms. The van der Waals surface area contributed by atoms with Crippen molar-refractivity contribution in [2.75, 3.05) is 13.2 Å². The summed E-state index contributed by atoms with van der Waals surface area (Å²) in [6.07, 6.45) is -1.48. The van der Waals surface area contributed by atoms with Crippen molar-refractivity contribution in [1.82, 2.24) is 5.32 Å². The fourth-order valence-corrected chi connectivity index (χ4v) is 4.47. The van der Waals surface area contributed by atoms with E-state index in [-0.39, 0.29) is 19.1 Å². The molecular weight excluding hydrogens is 370 g/mol. The Morgan fingerprint density at radius 1 is 1.15 bits per heavy atom. The Balaban J connectivity index is 1.33. The fourth-order valence-electron chi connectivity index (χ4n) is 2.64. The van der Waals surface area contributed by atoms with Gasteiger partial charge in [-0.25, -0.2) is 0 Å². The molecule has 134 valence electrons. The number of hydrogen-bond acceptors (Lipinski definition) is 6. The van der Waals surface area contributed by atoms with Crippen LogP contribution in [-0.2, 0) is 4.79 Å². The van der Waals surface area contributed by atoms with Gasteiger partial charge >= 0.3 is 0 Å². The maximum absolute atomic E-state index is 12.3. The molecule has 1 amide bonds. The maximum Gasteiger partial charge on any atom is 0.264 e. The van der Waals surface area contributed by atoms with Crippen LogP contribution in [0.25, 0.3) is 9.75 Å². The molecular formula is C19H17NO4S2. The van der Waals surface area contributed by atoms with E-state index < -0.39 is 12.2 Å². The molecule has 26 heavy (non-hydrogen) atoms. The number of para-hydroxylation sites is 2. The van der Waals surface area contributed by atoms with E-state index in [0.717, 1.165) is 9.75 Å². The quantitative estimate of drug-likeness (QED) is 0.704. The topological polar surface area (TPSA) is 67.8 Å². The van der Waals surface area contributed by atoms with Gasteiger partial charge in [0.2, 0.25) is 6.10 Å². The summed E-state index contributed by atoms with van der Waals surface area (Å²) < 4.78 is 11.2. The largest absolute Gasteiger partial charge is 0.485 e. The molecule has 2 unspecified atom stereocenters. The third-order valence-electron chi connectivity index (χ3n) is 3.99. The van der Waals surface area contributed by atoms with Crippen LogP contribution in [0.15, 0.2) is 53.9 Å². The minimum atomic E-state index is -0.755. The molecule has 0 saturated carbocycles. The molecule has 2 N–H and O–H groups in total. The van der Waals surface area contributed by atoms with E-state index >= 15 is 0 Å². The third kappa shape index (κ3) is 3.60.